The van der Waals surface area contributed by atoms with E-state index in [4.69, 9.17) is 4.74 Å². The van der Waals surface area contributed by atoms with Crippen molar-refractivity contribution in [2.45, 2.75) is 19.9 Å². The fraction of sp³-hybridized carbons (Fsp3) is 0.273. The number of anilines is 3. The Morgan fingerprint density at radius 3 is 2.35 bits per heavy atom. The third-order valence-corrected chi connectivity index (χ3v) is 8.06. The minimum atomic E-state index is -1.44. The van der Waals surface area contributed by atoms with Gasteiger partial charge in [0.2, 0.25) is 5.91 Å². The summed E-state index contributed by atoms with van der Waals surface area (Å²) in [5, 5.41) is 9.62. The summed E-state index contributed by atoms with van der Waals surface area (Å²) in [7, 11) is 1.99. The molecule has 4 aromatic rings. The molecule has 0 spiro atoms. The van der Waals surface area contributed by atoms with Crippen LogP contribution in [0.1, 0.15) is 13.8 Å². The van der Waals surface area contributed by atoms with Gasteiger partial charge in [-0.3, -0.25) is 4.79 Å². The molecule has 1 atom stereocenters. The largest absolute Gasteiger partial charge is 0.505 e. The number of benzene rings is 2. The average molecular weight is 660 g/mol. The molecule has 2 aromatic carbocycles. The van der Waals surface area contributed by atoms with Gasteiger partial charge in [0.05, 0.1) is 30.3 Å². The van der Waals surface area contributed by atoms with Crippen molar-refractivity contribution in [2.24, 2.45) is 5.92 Å². The summed E-state index contributed by atoms with van der Waals surface area (Å²) in [4.78, 5) is 57.4. The first-order chi connectivity index (χ1) is 23.0. The number of hydrogen-bond donors (Lipinski definition) is 2. The molecule has 0 radical (unpaired) electrons. The van der Waals surface area contributed by atoms with Gasteiger partial charge in [-0.2, -0.15) is 14.5 Å². The van der Waals surface area contributed by atoms with Gasteiger partial charge in [-0.25, -0.2) is 22.9 Å². The number of piperazine rings is 1. The first-order valence-electron chi connectivity index (χ1n) is 15.3. The van der Waals surface area contributed by atoms with E-state index < -0.39 is 41.4 Å². The van der Waals surface area contributed by atoms with Crippen LogP contribution in [0.2, 0.25) is 0 Å². The van der Waals surface area contributed by atoms with Crippen LogP contribution in [0.5, 0.6) is 11.5 Å². The van der Waals surface area contributed by atoms with Crippen LogP contribution in [0.25, 0.3) is 5.52 Å². The van der Waals surface area contributed by atoms with Crippen LogP contribution in [0.4, 0.5) is 35.4 Å². The number of hydrogen-bond acceptors (Lipinski definition) is 7. The van der Waals surface area contributed by atoms with Crippen LogP contribution in [-0.2, 0) is 9.59 Å². The second-order valence-corrected chi connectivity index (χ2v) is 11.8. The third kappa shape index (κ3) is 6.57. The first kappa shape index (κ1) is 32.2. The number of carbonyl (C=O) groups is 4. The zero-order chi connectivity index (χ0) is 34.1. The number of aromatic nitrogens is 2. The molecule has 6 rings (SSSR count). The van der Waals surface area contributed by atoms with Crippen molar-refractivity contribution in [2.75, 3.05) is 48.8 Å². The zero-order valence-electron chi connectivity index (χ0n) is 26.4. The molecular formula is C33H33F2N8O5+. The number of imide groups is 1. The summed E-state index contributed by atoms with van der Waals surface area (Å²) in [6.45, 7) is 6.11. The van der Waals surface area contributed by atoms with E-state index in [-0.39, 0.29) is 28.9 Å². The molecule has 0 bridgehead atoms. The highest BCUT2D eigenvalue weighted by atomic mass is 19.1. The average Bonchev–Trinajstić information content (AvgIpc) is 3.52. The van der Waals surface area contributed by atoms with E-state index in [2.05, 4.69) is 20.6 Å². The highest BCUT2D eigenvalue weighted by molar-refractivity contribution is 6.28. The van der Waals surface area contributed by atoms with Crippen molar-refractivity contribution in [3.63, 3.8) is 0 Å². The molecule has 4 heterocycles. The minimum Gasteiger partial charge on any atom is -0.452 e. The van der Waals surface area contributed by atoms with Gasteiger partial charge in [-0.05, 0) is 63.4 Å². The maximum Gasteiger partial charge on any atom is 0.505 e. The monoisotopic (exact) mass is 659 g/mol. The number of likely N-dealkylation sites (N-methyl/N-ethyl adjacent to an activating group) is 1. The number of carbonyl (C=O) groups excluding carboxylic acids is 4. The summed E-state index contributed by atoms with van der Waals surface area (Å²) in [6.07, 6.45) is 4.39. The fourth-order valence-electron chi connectivity index (χ4n) is 5.40. The highest BCUT2D eigenvalue weighted by Gasteiger charge is 2.48. The summed E-state index contributed by atoms with van der Waals surface area (Å²) in [5.41, 5.74) is 1.05. The maximum atomic E-state index is 15.4. The van der Waals surface area contributed by atoms with E-state index in [1.165, 1.54) is 45.8 Å². The van der Waals surface area contributed by atoms with Crippen molar-refractivity contribution < 1.29 is 37.3 Å². The Kier molecular flexibility index (Phi) is 8.86. The molecule has 15 heteroatoms. The van der Waals surface area contributed by atoms with Crippen molar-refractivity contribution in [3.05, 3.63) is 78.6 Å². The molecule has 6 amide bonds. The highest BCUT2D eigenvalue weighted by Crippen LogP contribution is 2.32. The lowest BCUT2D eigenvalue weighted by Gasteiger charge is -2.32. The Labute approximate surface area is 274 Å². The molecule has 0 aliphatic carbocycles. The second kappa shape index (κ2) is 13.2. The summed E-state index contributed by atoms with van der Waals surface area (Å²) >= 11 is 0. The van der Waals surface area contributed by atoms with Crippen LogP contribution < -0.4 is 20.3 Å². The quantitative estimate of drug-likeness (QED) is 0.222. The predicted octanol–water partition coefficient (Wildman–Crippen LogP) is 4.40. The van der Waals surface area contributed by atoms with Crippen LogP contribution in [0.3, 0.4) is 0 Å². The molecule has 2 aliphatic rings. The fourth-order valence-corrected chi connectivity index (χ4v) is 5.40. The molecule has 0 saturated carbocycles. The number of nitrogens with zero attached hydrogens (tertiary/aromatic N) is 6. The molecule has 2 aliphatic heterocycles. The smallest absolute Gasteiger partial charge is 0.452 e. The Hall–Kier alpha value is -5.70. The van der Waals surface area contributed by atoms with Crippen LogP contribution >= 0.6 is 0 Å². The molecule has 1 fully saturated rings. The first-order valence-corrected chi connectivity index (χ1v) is 15.3. The van der Waals surface area contributed by atoms with Gasteiger partial charge in [0.1, 0.15) is 17.0 Å². The standard InChI is InChI=1S/C33H32F2N8O5/c1-20(2)41-19-25(31(45)43(33(41)47)24-7-4-21(34)5-8-24)30(44)37-22-6-9-28(26(35)16-22)48-29-17-23(18-42-27(29)10-11-36-42)38-32(46)40-14-12-39(3)13-15-40/h4-11,16-20,25H,12-15H2,1-3H3,(H-,37,38,44,46)/p+1. The number of fused-ring (bicyclic) bond motifs is 1. The predicted molar refractivity (Wildman–Crippen MR) is 173 cm³/mol. The van der Waals surface area contributed by atoms with Gasteiger partial charge in [0.15, 0.2) is 23.2 Å². The molecular weight excluding hydrogens is 626 g/mol. The van der Waals surface area contributed by atoms with Gasteiger partial charge < -0.3 is 25.2 Å². The van der Waals surface area contributed by atoms with Gasteiger partial charge in [-0.1, -0.05) is 0 Å². The van der Waals surface area contributed by atoms with Crippen molar-refractivity contribution in [3.8, 4) is 11.5 Å². The van der Waals surface area contributed by atoms with E-state index in [1.54, 1.807) is 37.1 Å². The van der Waals surface area contributed by atoms with Crippen molar-refractivity contribution >= 4 is 52.7 Å². The lowest BCUT2D eigenvalue weighted by atomic mass is 10.0. The second-order valence-electron chi connectivity index (χ2n) is 11.8. The third-order valence-electron chi connectivity index (χ3n) is 8.06. The van der Waals surface area contributed by atoms with Gasteiger partial charge in [-0.15, -0.1) is 4.90 Å². The summed E-state index contributed by atoms with van der Waals surface area (Å²) in [6, 6.07) is 10.4. The van der Waals surface area contributed by atoms with Crippen molar-refractivity contribution in [1.82, 2.24) is 19.4 Å². The molecule has 248 valence electrons. The SMILES string of the molecule is CC(C)[N+]1=CC(C(=O)Nc2ccc(Oc3cc(NC(=O)N4CCN(C)CC4)cn4nccc34)c(F)c2)C(=O)N(c2ccc(F)cc2)C1=O. The van der Waals surface area contributed by atoms with E-state index in [9.17, 15) is 23.6 Å². The number of ether oxygens (including phenoxy) is 1. The number of amides is 6. The summed E-state index contributed by atoms with van der Waals surface area (Å²) in [5.74, 6) is -4.40. The number of pyridine rings is 1. The van der Waals surface area contributed by atoms with E-state index in [0.717, 1.165) is 36.2 Å². The topological polar surface area (TPSA) is 132 Å². The molecule has 2 N–H and O–H groups in total. The number of nitrogens with one attached hydrogen (secondary N) is 2. The number of rotatable bonds is 7. The van der Waals surface area contributed by atoms with Gasteiger partial charge in [0, 0.05) is 44.0 Å². The molecule has 2 aromatic heterocycles. The Morgan fingerprint density at radius 2 is 1.67 bits per heavy atom. The molecule has 13 nitrogen and oxygen atoms in total. The Bertz CT molecular complexity index is 1940. The van der Waals surface area contributed by atoms with Crippen LogP contribution in [0, 0.1) is 17.6 Å². The number of halogens is 2. The maximum absolute atomic E-state index is 15.4. The van der Waals surface area contributed by atoms with E-state index >= 15 is 4.39 Å². The zero-order valence-corrected chi connectivity index (χ0v) is 26.4. The Balaban J connectivity index is 1.19. The van der Waals surface area contributed by atoms with E-state index in [1.807, 2.05) is 7.05 Å². The Morgan fingerprint density at radius 1 is 0.938 bits per heavy atom. The molecule has 48 heavy (non-hydrogen) atoms. The minimum absolute atomic E-state index is 0.0371. The van der Waals surface area contributed by atoms with Crippen molar-refractivity contribution in [1.29, 1.82) is 0 Å². The lowest BCUT2D eigenvalue weighted by molar-refractivity contribution is -0.459. The lowest BCUT2D eigenvalue weighted by Crippen LogP contribution is -2.55. The molecule has 1 unspecified atom stereocenters. The van der Waals surface area contributed by atoms with Crippen LogP contribution in [0.15, 0.2) is 67.0 Å². The molecule has 1 saturated heterocycles. The van der Waals surface area contributed by atoms with Crippen LogP contribution in [-0.4, -0.2) is 93.3 Å². The van der Waals surface area contributed by atoms with Gasteiger partial charge >= 0.3 is 18.0 Å². The van der Waals surface area contributed by atoms with E-state index in [0.29, 0.717) is 24.3 Å². The number of urea groups is 2. The normalized spacial score (nSPS) is 17.1. The summed E-state index contributed by atoms with van der Waals surface area (Å²) < 4.78 is 37.6. The van der Waals surface area contributed by atoms with Gasteiger partial charge in [0.25, 0.3) is 0 Å².